The molecule has 1 N–H and O–H groups in total. The predicted molar refractivity (Wildman–Crippen MR) is 85.1 cm³/mol. The minimum Gasteiger partial charge on any atom is -0.312 e. The molecular weight excluding hydrogens is 244 g/mol. The summed E-state index contributed by atoms with van der Waals surface area (Å²) in [5.41, 5.74) is 1.97. The van der Waals surface area contributed by atoms with Crippen molar-refractivity contribution in [3.63, 3.8) is 0 Å². The zero-order valence-electron chi connectivity index (χ0n) is 12.8. The molecule has 1 aromatic rings. The zero-order valence-corrected chi connectivity index (χ0v) is 12.8. The summed E-state index contributed by atoms with van der Waals surface area (Å²) in [5.74, 6) is 0. The molecule has 20 heavy (non-hydrogen) atoms. The van der Waals surface area contributed by atoms with Gasteiger partial charge in [-0.1, -0.05) is 36.8 Å². The Morgan fingerprint density at radius 2 is 1.80 bits per heavy atom. The van der Waals surface area contributed by atoms with Gasteiger partial charge in [0, 0.05) is 24.5 Å². The third kappa shape index (κ3) is 3.42. The highest BCUT2D eigenvalue weighted by Gasteiger charge is 2.43. The second-order valence-electron chi connectivity index (χ2n) is 6.79. The van der Waals surface area contributed by atoms with Crippen molar-refractivity contribution in [1.29, 1.82) is 0 Å². The molecule has 1 heterocycles. The van der Waals surface area contributed by atoms with Gasteiger partial charge in [0.2, 0.25) is 0 Å². The number of nitrogens with one attached hydrogen (secondary N) is 1. The fraction of sp³-hybridized carbons (Fsp3) is 0.667. The molecule has 1 atom stereocenters. The molecule has 2 heteroatoms. The number of hydrogen-bond acceptors (Lipinski definition) is 2. The summed E-state index contributed by atoms with van der Waals surface area (Å²) < 4.78 is 0. The first-order valence-electron chi connectivity index (χ1n) is 8.30. The molecule has 1 saturated carbocycles. The van der Waals surface area contributed by atoms with Crippen LogP contribution in [-0.4, -0.2) is 37.1 Å². The molecule has 1 saturated heterocycles. The van der Waals surface area contributed by atoms with Crippen LogP contribution in [0.3, 0.4) is 0 Å². The van der Waals surface area contributed by atoms with Crippen molar-refractivity contribution in [3.8, 4) is 0 Å². The lowest BCUT2D eigenvalue weighted by molar-refractivity contribution is 0.208. The van der Waals surface area contributed by atoms with Crippen LogP contribution in [0.4, 0.5) is 0 Å². The van der Waals surface area contributed by atoms with Crippen LogP contribution in [0.15, 0.2) is 30.3 Å². The Bertz CT molecular complexity index is 405. The molecule has 1 aromatic carbocycles. The van der Waals surface area contributed by atoms with Crippen LogP contribution in [0, 0.1) is 0 Å². The largest absolute Gasteiger partial charge is 0.312 e. The maximum atomic E-state index is 3.79. The predicted octanol–water partition coefficient (Wildman–Crippen LogP) is 3.18. The number of rotatable bonds is 6. The molecule has 2 fully saturated rings. The summed E-state index contributed by atoms with van der Waals surface area (Å²) in [6.07, 6.45) is 6.90. The average Bonchev–Trinajstić information content (AvgIpc) is 3.28. The van der Waals surface area contributed by atoms with E-state index in [-0.39, 0.29) is 0 Å². The quantitative estimate of drug-likeness (QED) is 0.855. The summed E-state index contributed by atoms with van der Waals surface area (Å²) in [5, 5.41) is 3.79. The SMILES string of the molecule is CC(CN1CCCCC1)NCC1(c2ccccc2)CC1. The summed E-state index contributed by atoms with van der Waals surface area (Å²) in [6.45, 7) is 7.30. The Labute approximate surface area is 123 Å². The van der Waals surface area contributed by atoms with Gasteiger partial charge < -0.3 is 10.2 Å². The number of benzene rings is 1. The van der Waals surface area contributed by atoms with E-state index in [1.807, 2.05) is 0 Å². The molecule has 3 rings (SSSR count). The highest BCUT2D eigenvalue weighted by molar-refractivity contribution is 5.31. The maximum Gasteiger partial charge on any atom is 0.0167 e. The fourth-order valence-corrected chi connectivity index (χ4v) is 3.47. The third-order valence-corrected chi connectivity index (χ3v) is 5.01. The van der Waals surface area contributed by atoms with Crippen LogP contribution >= 0.6 is 0 Å². The van der Waals surface area contributed by atoms with Crippen molar-refractivity contribution in [2.24, 2.45) is 0 Å². The number of likely N-dealkylation sites (tertiary alicyclic amines) is 1. The Kier molecular flexibility index (Phi) is 4.42. The molecule has 2 nitrogen and oxygen atoms in total. The van der Waals surface area contributed by atoms with E-state index in [1.54, 1.807) is 0 Å². The fourth-order valence-electron chi connectivity index (χ4n) is 3.47. The van der Waals surface area contributed by atoms with Crippen molar-refractivity contribution in [2.75, 3.05) is 26.2 Å². The topological polar surface area (TPSA) is 15.3 Å². The van der Waals surface area contributed by atoms with Gasteiger partial charge in [0.05, 0.1) is 0 Å². The lowest BCUT2D eigenvalue weighted by Gasteiger charge is -2.30. The molecule has 1 aliphatic carbocycles. The van der Waals surface area contributed by atoms with Crippen molar-refractivity contribution in [1.82, 2.24) is 10.2 Å². The van der Waals surface area contributed by atoms with Crippen LogP contribution in [0.1, 0.15) is 44.6 Å². The molecule has 110 valence electrons. The molecule has 0 bridgehead atoms. The van der Waals surface area contributed by atoms with E-state index in [9.17, 15) is 0 Å². The van der Waals surface area contributed by atoms with Crippen LogP contribution in [0.5, 0.6) is 0 Å². The highest BCUT2D eigenvalue weighted by Crippen LogP contribution is 2.47. The maximum absolute atomic E-state index is 3.79. The highest BCUT2D eigenvalue weighted by atomic mass is 15.1. The minimum atomic E-state index is 0.442. The van der Waals surface area contributed by atoms with Crippen LogP contribution in [0.2, 0.25) is 0 Å². The summed E-state index contributed by atoms with van der Waals surface area (Å²) in [7, 11) is 0. The van der Waals surface area contributed by atoms with E-state index in [0.717, 1.165) is 6.54 Å². The molecule has 0 aromatic heterocycles. The smallest absolute Gasteiger partial charge is 0.0167 e. The van der Waals surface area contributed by atoms with Crippen LogP contribution in [-0.2, 0) is 5.41 Å². The third-order valence-electron chi connectivity index (χ3n) is 5.01. The molecule has 2 aliphatic rings. The van der Waals surface area contributed by atoms with Gasteiger partial charge >= 0.3 is 0 Å². The molecular formula is C18H28N2. The van der Waals surface area contributed by atoms with Gasteiger partial charge in [-0.05, 0) is 51.3 Å². The van der Waals surface area contributed by atoms with Gasteiger partial charge in [0.25, 0.3) is 0 Å². The van der Waals surface area contributed by atoms with Gasteiger partial charge in [-0.3, -0.25) is 0 Å². The number of piperidine rings is 1. The Morgan fingerprint density at radius 1 is 1.10 bits per heavy atom. The first kappa shape index (κ1) is 14.1. The number of hydrogen-bond donors (Lipinski definition) is 1. The summed E-state index contributed by atoms with van der Waals surface area (Å²) in [4.78, 5) is 2.63. The molecule has 0 amide bonds. The molecule has 1 unspecified atom stereocenters. The van der Waals surface area contributed by atoms with E-state index < -0.39 is 0 Å². The van der Waals surface area contributed by atoms with E-state index >= 15 is 0 Å². The van der Waals surface area contributed by atoms with Crippen molar-refractivity contribution >= 4 is 0 Å². The minimum absolute atomic E-state index is 0.442. The number of nitrogens with zero attached hydrogens (tertiary/aromatic N) is 1. The first-order valence-corrected chi connectivity index (χ1v) is 8.30. The van der Waals surface area contributed by atoms with Crippen LogP contribution < -0.4 is 5.32 Å². The summed E-state index contributed by atoms with van der Waals surface area (Å²) in [6, 6.07) is 11.7. The Morgan fingerprint density at radius 3 is 2.45 bits per heavy atom. The van der Waals surface area contributed by atoms with Crippen molar-refractivity contribution in [3.05, 3.63) is 35.9 Å². The monoisotopic (exact) mass is 272 g/mol. The molecule has 1 aliphatic heterocycles. The standard InChI is InChI=1S/C18H28N2/c1-16(14-20-12-6-3-7-13-20)19-15-18(10-11-18)17-8-4-2-5-9-17/h2,4-5,8-9,16,19H,3,6-7,10-15H2,1H3. The second kappa shape index (κ2) is 6.28. The van der Waals surface area contributed by atoms with Gasteiger partial charge in [-0.15, -0.1) is 0 Å². The Balaban J connectivity index is 1.47. The molecule has 0 spiro atoms. The normalized spacial score (nSPS) is 23.4. The van der Waals surface area contributed by atoms with E-state index in [1.165, 1.54) is 57.3 Å². The molecule has 0 radical (unpaired) electrons. The Hall–Kier alpha value is -0.860. The van der Waals surface area contributed by atoms with E-state index in [2.05, 4.69) is 47.5 Å². The van der Waals surface area contributed by atoms with E-state index in [0.29, 0.717) is 11.5 Å². The van der Waals surface area contributed by atoms with Gasteiger partial charge in [-0.25, -0.2) is 0 Å². The lowest BCUT2D eigenvalue weighted by atomic mass is 9.96. The van der Waals surface area contributed by atoms with Crippen molar-refractivity contribution < 1.29 is 0 Å². The average molecular weight is 272 g/mol. The second-order valence-corrected chi connectivity index (χ2v) is 6.79. The van der Waals surface area contributed by atoms with Crippen LogP contribution in [0.25, 0.3) is 0 Å². The lowest BCUT2D eigenvalue weighted by Crippen LogP contribution is -2.43. The summed E-state index contributed by atoms with van der Waals surface area (Å²) >= 11 is 0. The van der Waals surface area contributed by atoms with E-state index in [4.69, 9.17) is 0 Å². The first-order chi connectivity index (χ1) is 9.78. The van der Waals surface area contributed by atoms with Gasteiger partial charge in [0.15, 0.2) is 0 Å². The zero-order chi connectivity index (χ0) is 13.8. The van der Waals surface area contributed by atoms with Gasteiger partial charge in [0.1, 0.15) is 0 Å². The van der Waals surface area contributed by atoms with Gasteiger partial charge in [-0.2, -0.15) is 0 Å². The van der Waals surface area contributed by atoms with Crippen molar-refractivity contribution in [2.45, 2.75) is 50.5 Å².